The number of aliphatic carboxylic acids is 1. The molecule has 0 bridgehead atoms. The average Bonchev–Trinajstić information content (AvgIpc) is 2.90. The van der Waals surface area contributed by atoms with E-state index in [-0.39, 0.29) is 18.6 Å². The lowest BCUT2D eigenvalue weighted by atomic mass is 9.77. The Morgan fingerprint density at radius 2 is 1.95 bits per heavy atom. The zero-order chi connectivity index (χ0) is 14.8. The van der Waals surface area contributed by atoms with Gasteiger partial charge in [-0.1, -0.05) is 6.92 Å². The molecule has 1 atom stereocenters. The third-order valence-electron chi connectivity index (χ3n) is 4.71. The Bertz CT molecular complexity index is 377. The summed E-state index contributed by atoms with van der Waals surface area (Å²) in [6.07, 6.45) is 3.41. The van der Waals surface area contributed by atoms with Crippen molar-refractivity contribution in [1.29, 1.82) is 0 Å². The lowest BCUT2D eigenvalue weighted by Gasteiger charge is -2.37. The summed E-state index contributed by atoms with van der Waals surface area (Å²) < 4.78 is 0. The van der Waals surface area contributed by atoms with E-state index >= 15 is 0 Å². The number of nitrogens with one attached hydrogen (secondary N) is 1. The van der Waals surface area contributed by atoms with Crippen molar-refractivity contribution < 1.29 is 19.8 Å². The molecule has 1 aliphatic heterocycles. The summed E-state index contributed by atoms with van der Waals surface area (Å²) in [6, 6.07) is -0.307. The number of urea groups is 1. The highest BCUT2D eigenvalue weighted by molar-refractivity contribution is 5.86. The second-order valence-electron chi connectivity index (χ2n) is 6.28. The van der Waals surface area contributed by atoms with E-state index in [2.05, 4.69) is 12.2 Å². The number of carboxylic acid groups (broad SMARTS) is 1. The summed E-state index contributed by atoms with van der Waals surface area (Å²) >= 11 is 0. The van der Waals surface area contributed by atoms with Gasteiger partial charge in [-0.15, -0.1) is 0 Å². The van der Waals surface area contributed by atoms with Crippen molar-refractivity contribution in [3.8, 4) is 0 Å². The van der Waals surface area contributed by atoms with Crippen molar-refractivity contribution in [2.24, 2.45) is 11.8 Å². The summed E-state index contributed by atoms with van der Waals surface area (Å²) in [5.74, 6) is -0.298. The van der Waals surface area contributed by atoms with E-state index in [4.69, 9.17) is 5.11 Å². The van der Waals surface area contributed by atoms with Crippen LogP contribution in [-0.2, 0) is 4.79 Å². The van der Waals surface area contributed by atoms with Crippen LogP contribution >= 0.6 is 0 Å². The maximum absolute atomic E-state index is 12.2. The number of amides is 2. The number of aliphatic hydroxyl groups is 1. The molecule has 2 rings (SSSR count). The van der Waals surface area contributed by atoms with E-state index in [1.54, 1.807) is 4.90 Å². The Morgan fingerprint density at radius 3 is 2.45 bits per heavy atom. The van der Waals surface area contributed by atoms with Gasteiger partial charge in [0.2, 0.25) is 0 Å². The molecule has 0 aromatic carbocycles. The molecule has 3 N–H and O–H groups in total. The Morgan fingerprint density at radius 1 is 1.30 bits per heavy atom. The predicted octanol–water partition coefficient (Wildman–Crippen LogP) is 1.04. The predicted molar refractivity (Wildman–Crippen MR) is 73.3 cm³/mol. The molecule has 20 heavy (non-hydrogen) atoms. The van der Waals surface area contributed by atoms with Gasteiger partial charge < -0.3 is 20.4 Å². The Balaban J connectivity index is 1.98. The lowest BCUT2D eigenvalue weighted by Crippen LogP contribution is -2.59. The molecule has 2 fully saturated rings. The smallest absolute Gasteiger partial charge is 0.329 e. The fourth-order valence-corrected chi connectivity index (χ4v) is 3.10. The van der Waals surface area contributed by atoms with E-state index in [0.29, 0.717) is 31.8 Å². The van der Waals surface area contributed by atoms with Crippen LogP contribution in [0.3, 0.4) is 0 Å². The van der Waals surface area contributed by atoms with E-state index in [0.717, 1.165) is 19.3 Å². The molecule has 114 valence electrons. The number of aliphatic hydroxyl groups excluding tert-OH is 1. The van der Waals surface area contributed by atoms with Gasteiger partial charge in [0.1, 0.15) is 5.54 Å². The Labute approximate surface area is 119 Å². The summed E-state index contributed by atoms with van der Waals surface area (Å²) in [5.41, 5.74) is -1.11. The van der Waals surface area contributed by atoms with Crippen LogP contribution in [0.15, 0.2) is 0 Å². The molecule has 0 radical (unpaired) electrons. The molecule has 6 nitrogen and oxygen atoms in total. The SMILES string of the molecule is CC1CCC(NC(=O)N2CCC(CO)C2)(C(=O)O)CC1. The average molecular weight is 284 g/mol. The molecule has 2 amide bonds. The largest absolute Gasteiger partial charge is 0.480 e. The summed E-state index contributed by atoms with van der Waals surface area (Å²) in [5, 5.41) is 21.3. The van der Waals surface area contributed by atoms with Crippen LogP contribution in [0.4, 0.5) is 4.79 Å². The van der Waals surface area contributed by atoms with Crippen molar-refractivity contribution in [2.45, 2.75) is 44.6 Å². The third kappa shape index (κ3) is 3.06. The molecule has 2 aliphatic rings. The van der Waals surface area contributed by atoms with E-state index in [9.17, 15) is 14.7 Å². The first-order valence-corrected chi connectivity index (χ1v) is 7.38. The first-order chi connectivity index (χ1) is 9.47. The van der Waals surface area contributed by atoms with Crippen LogP contribution in [0.2, 0.25) is 0 Å². The number of likely N-dealkylation sites (tertiary alicyclic amines) is 1. The van der Waals surface area contributed by atoms with Gasteiger partial charge >= 0.3 is 12.0 Å². The fourth-order valence-electron chi connectivity index (χ4n) is 3.10. The first-order valence-electron chi connectivity index (χ1n) is 7.38. The van der Waals surface area contributed by atoms with Gasteiger partial charge in [0, 0.05) is 25.6 Å². The fraction of sp³-hybridized carbons (Fsp3) is 0.857. The van der Waals surface area contributed by atoms with Crippen LogP contribution in [0.25, 0.3) is 0 Å². The van der Waals surface area contributed by atoms with E-state index in [1.807, 2.05) is 0 Å². The zero-order valence-corrected chi connectivity index (χ0v) is 12.0. The number of hydrogen-bond acceptors (Lipinski definition) is 3. The monoisotopic (exact) mass is 284 g/mol. The van der Waals surface area contributed by atoms with Gasteiger partial charge in [-0.3, -0.25) is 0 Å². The Kier molecular flexibility index (Phi) is 4.52. The summed E-state index contributed by atoms with van der Waals surface area (Å²) in [4.78, 5) is 25.4. The summed E-state index contributed by atoms with van der Waals surface area (Å²) in [7, 11) is 0. The minimum atomic E-state index is -1.11. The van der Waals surface area contributed by atoms with Gasteiger partial charge in [0.05, 0.1) is 0 Å². The maximum Gasteiger partial charge on any atom is 0.329 e. The second-order valence-corrected chi connectivity index (χ2v) is 6.28. The zero-order valence-electron chi connectivity index (χ0n) is 12.0. The standard InChI is InChI=1S/C14H24N2O4/c1-10-2-5-14(6-3-10,12(18)19)15-13(20)16-7-4-11(8-16)9-17/h10-11,17H,2-9H2,1H3,(H,15,20)(H,18,19). The number of rotatable bonds is 3. The maximum atomic E-state index is 12.2. The highest BCUT2D eigenvalue weighted by atomic mass is 16.4. The normalized spacial score (nSPS) is 34.0. The molecular formula is C14H24N2O4. The van der Waals surface area contributed by atoms with Crippen molar-refractivity contribution in [1.82, 2.24) is 10.2 Å². The number of nitrogens with zero attached hydrogens (tertiary/aromatic N) is 1. The minimum absolute atomic E-state index is 0.0748. The summed E-state index contributed by atoms with van der Waals surface area (Å²) in [6.45, 7) is 3.28. The third-order valence-corrected chi connectivity index (χ3v) is 4.71. The van der Waals surface area contributed by atoms with Gasteiger partial charge in [-0.05, 0) is 38.0 Å². The molecule has 1 heterocycles. The minimum Gasteiger partial charge on any atom is -0.480 e. The van der Waals surface area contributed by atoms with Crippen molar-refractivity contribution in [3.63, 3.8) is 0 Å². The molecule has 0 spiro atoms. The number of hydrogen-bond donors (Lipinski definition) is 3. The van der Waals surface area contributed by atoms with Gasteiger partial charge in [0.15, 0.2) is 0 Å². The molecule has 1 saturated heterocycles. The van der Waals surface area contributed by atoms with E-state index < -0.39 is 11.5 Å². The molecule has 0 aromatic rings. The molecule has 0 aromatic heterocycles. The number of carbonyl (C=O) groups excluding carboxylic acids is 1. The lowest BCUT2D eigenvalue weighted by molar-refractivity contribution is -0.146. The van der Waals surface area contributed by atoms with Crippen LogP contribution in [0.1, 0.15) is 39.0 Å². The van der Waals surface area contributed by atoms with Gasteiger partial charge in [-0.25, -0.2) is 9.59 Å². The topological polar surface area (TPSA) is 89.9 Å². The van der Waals surface area contributed by atoms with Gasteiger partial charge in [-0.2, -0.15) is 0 Å². The molecular weight excluding hydrogens is 260 g/mol. The van der Waals surface area contributed by atoms with Crippen LogP contribution in [0, 0.1) is 11.8 Å². The highest BCUT2D eigenvalue weighted by Gasteiger charge is 2.43. The number of carboxylic acids is 1. The molecule has 1 saturated carbocycles. The van der Waals surface area contributed by atoms with Crippen molar-refractivity contribution >= 4 is 12.0 Å². The van der Waals surface area contributed by atoms with Crippen LogP contribution in [0.5, 0.6) is 0 Å². The highest BCUT2D eigenvalue weighted by Crippen LogP contribution is 2.32. The quantitative estimate of drug-likeness (QED) is 0.722. The molecule has 1 unspecified atom stereocenters. The second kappa shape index (κ2) is 5.99. The van der Waals surface area contributed by atoms with Crippen LogP contribution < -0.4 is 5.32 Å². The molecule has 1 aliphatic carbocycles. The van der Waals surface area contributed by atoms with Crippen molar-refractivity contribution in [2.75, 3.05) is 19.7 Å². The Hall–Kier alpha value is -1.30. The van der Waals surface area contributed by atoms with Crippen LogP contribution in [-0.4, -0.2) is 52.3 Å². The van der Waals surface area contributed by atoms with Crippen molar-refractivity contribution in [3.05, 3.63) is 0 Å². The number of carbonyl (C=O) groups is 2. The van der Waals surface area contributed by atoms with E-state index in [1.165, 1.54) is 0 Å². The first kappa shape index (κ1) is 15.1. The van der Waals surface area contributed by atoms with Gasteiger partial charge in [0.25, 0.3) is 0 Å². The molecule has 6 heteroatoms.